The molecule has 14 heavy (non-hydrogen) atoms. The van der Waals surface area contributed by atoms with Crippen molar-refractivity contribution in [1.82, 2.24) is 9.97 Å². The number of aryl methyl sites for hydroxylation is 2. The highest BCUT2D eigenvalue weighted by atomic mass is 14.8. The maximum atomic E-state index is 3.97. The van der Waals surface area contributed by atoms with E-state index in [2.05, 4.69) is 9.97 Å². The van der Waals surface area contributed by atoms with Crippen LogP contribution in [0, 0.1) is 13.8 Å². The van der Waals surface area contributed by atoms with Crippen LogP contribution in [0.1, 0.15) is 52.9 Å². The van der Waals surface area contributed by atoms with Crippen molar-refractivity contribution in [2.24, 2.45) is 0 Å². The summed E-state index contributed by atoms with van der Waals surface area (Å²) < 4.78 is 0. The van der Waals surface area contributed by atoms with E-state index in [9.17, 15) is 0 Å². The van der Waals surface area contributed by atoms with E-state index in [1.54, 1.807) is 0 Å². The van der Waals surface area contributed by atoms with Gasteiger partial charge >= 0.3 is 0 Å². The molecule has 0 fully saturated rings. The molecule has 1 aromatic rings. The summed E-state index contributed by atoms with van der Waals surface area (Å²) in [4.78, 5) is 7.94. The van der Waals surface area contributed by atoms with E-state index in [1.165, 1.54) is 0 Å². The second-order valence-corrected chi connectivity index (χ2v) is 1.81. The van der Waals surface area contributed by atoms with Gasteiger partial charge in [0.25, 0.3) is 0 Å². The third kappa shape index (κ3) is 13.7. The topological polar surface area (TPSA) is 25.8 Å². The van der Waals surface area contributed by atoms with Crippen molar-refractivity contribution in [3.05, 3.63) is 23.8 Å². The molecule has 0 aromatic carbocycles. The zero-order valence-electron chi connectivity index (χ0n) is 11.0. The molecule has 0 amide bonds. The van der Waals surface area contributed by atoms with Crippen LogP contribution in [-0.4, -0.2) is 9.97 Å². The second kappa shape index (κ2) is 18.0. The van der Waals surface area contributed by atoms with Gasteiger partial charge < -0.3 is 0 Å². The smallest absolute Gasteiger partial charge is 0.125 e. The zero-order valence-corrected chi connectivity index (χ0v) is 11.0. The average molecular weight is 198 g/mol. The lowest BCUT2D eigenvalue weighted by Crippen LogP contribution is -1.84. The highest BCUT2D eigenvalue weighted by Gasteiger charge is 1.82. The first-order valence-corrected chi connectivity index (χ1v) is 5.54. The first-order valence-electron chi connectivity index (χ1n) is 5.54. The van der Waals surface area contributed by atoms with Gasteiger partial charge in [-0.15, -0.1) is 0 Å². The molecule has 0 spiro atoms. The van der Waals surface area contributed by atoms with Crippen LogP contribution in [0.15, 0.2) is 12.4 Å². The summed E-state index contributed by atoms with van der Waals surface area (Å²) in [5, 5.41) is 0. The van der Waals surface area contributed by atoms with Gasteiger partial charge in [0.1, 0.15) is 5.82 Å². The Morgan fingerprint density at radius 1 is 0.714 bits per heavy atom. The van der Waals surface area contributed by atoms with Crippen molar-refractivity contribution in [1.29, 1.82) is 0 Å². The minimum absolute atomic E-state index is 0.829. The summed E-state index contributed by atoms with van der Waals surface area (Å²) in [6, 6.07) is 0. The standard InChI is InChI=1S/C6H8N2.3C2H6/c1-5-3-7-6(2)8-4-5;3*1-2/h3-4H,1-2H3;3*1-2H3. The predicted molar refractivity (Wildman–Crippen MR) is 65.6 cm³/mol. The van der Waals surface area contributed by atoms with Crippen molar-refractivity contribution < 1.29 is 0 Å². The first-order chi connectivity index (χ1) is 6.79. The third-order valence-electron chi connectivity index (χ3n) is 0.910. The first kappa shape index (κ1) is 18.8. The fourth-order valence-electron chi connectivity index (χ4n) is 0.457. The molecular weight excluding hydrogens is 172 g/mol. The largest absolute Gasteiger partial charge is 0.241 e. The molecule has 0 aliphatic heterocycles. The Balaban J connectivity index is -0.000000174. The van der Waals surface area contributed by atoms with Crippen LogP contribution in [0.5, 0.6) is 0 Å². The molecule has 0 N–H and O–H groups in total. The van der Waals surface area contributed by atoms with Gasteiger partial charge in [0, 0.05) is 12.4 Å². The molecule has 1 rings (SSSR count). The Kier molecular flexibility index (Phi) is 24.1. The maximum absolute atomic E-state index is 3.97. The maximum Gasteiger partial charge on any atom is 0.125 e. The van der Waals surface area contributed by atoms with Crippen molar-refractivity contribution in [2.45, 2.75) is 55.4 Å². The highest BCUT2D eigenvalue weighted by Crippen LogP contribution is 1.89. The number of hydrogen-bond donors (Lipinski definition) is 0. The molecule has 0 bridgehead atoms. The highest BCUT2D eigenvalue weighted by molar-refractivity contribution is 5.00. The Morgan fingerprint density at radius 2 is 1.00 bits per heavy atom. The quantitative estimate of drug-likeness (QED) is 0.625. The fraction of sp³-hybridized carbons (Fsp3) is 0.667. The third-order valence-corrected chi connectivity index (χ3v) is 0.910. The molecule has 2 nitrogen and oxygen atoms in total. The lowest BCUT2D eigenvalue weighted by Gasteiger charge is -1.88. The monoisotopic (exact) mass is 198 g/mol. The van der Waals surface area contributed by atoms with E-state index in [0.29, 0.717) is 0 Å². The molecule has 84 valence electrons. The Morgan fingerprint density at radius 3 is 1.21 bits per heavy atom. The number of aromatic nitrogens is 2. The van der Waals surface area contributed by atoms with Gasteiger partial charge in [0.2, 0.25) is 0 Å². The van der Waals surface area contributed by atoms with Crippen LogP contribution in [-0.2, 0) is 0 Å². The van der Waals surface area contributed by atoms with E-state index in [4.69, 9.17) is 0 Å². The van der Waals surface area contributed by atoms with Gasteiger partial charge in [-0.3, -0.25) is 0 Å². The molecular formula is C12H26N2. The van der Waals surface area contributed by atoms with Crippen LogP contribution in [0.4, 0.5) is 0 Å². The SMILES string of the molecule is CC.CC.CC.Cc1cnc(C)nc1. The molecule has 0 aliphatic rings. The molecule has 1 heterocycles. The van der Waals surface area contributed by atoms with Crippen LogP contribution >= 0.6 is 0 Å². The fourth-order valence-corrected chi connectivity index (χ4v) is 0.457. The molecule has 1 aromatic heterocycles. The van der Waals surface area contributed by atoms with Crippen molar-refractivity contribution in [2.75, 3.05) is 0 Å². The normalized spacial score (nSPS) is 6.57. The molecule has 0 atom stereocenters. The average Bonchev–Trinajstić information content (AvgIpc) is 2.31. The number of hydrogen-bond acceptors (Lipinski definition) is 2. The van der Waals surface area contributed by atoms with Gasteiger partial charge in [0.05, 0.1) is 0 Å². The summed E-state index contributed by atoms with van der Waals surface area (Å²) in [7, 11) is 0. The molecule has 0 radical (unpaired) electrons. The summed E-state index contributed by atoms with van der Waals surface area (Å²) >= 11 is 0. The van der Waals surface area contributed by atoms with Crippen LogP contribution < -0.4 is 0 Å². The predicted octanol–water partition coefficient (Wildman–Crippen LogP) is 4.17. The Labute approximate surface area is 89.8 Å². The molecule has 2 heteroatoms. The van der Waals surface area contributed by atoms with Crippen molar-refractivity contribution in [3.63, 3.8) is 0 Å². The van der Waals surface area contributed by atoms with E-state index in [1.807, 2.05) is 67.8 Å². The second-order valence-electron chi connectivity index (χ2n) is 1.81. The number of rotatable bonds is 0. The van der Waals surface area contributed by atoms with E-state index in [-0.39, 0.29) is 0 Å². The van der Waals surface area contributed by atoms with Crippen LogP contribution in [0.2, 0.25) is 0 Å². The molecule has 0 aliphatic carbocycles. The van der Waals surface area contributed by atoms with E-state index in [0.717, 1.165) is 11.4 Å². The van der Waals surface area contributed by atoms with Crippen LogP contribution in [0.3, 0.4) is 0 Å². The lowest BCUT2D eigenvalue weighted by atomic mass is 10.4. The molecule has 0 saturated carbocycles. The Bertz CT molecular complexity index is 147. The van der Waals surface area contributed by atoms with Gasteiger partial charge in [-0.1, -0.05) is 41.5 Å². The van der Waals surface area contributed by atoms with Crippen molar-refractivity contribution >= 4 is 0 Å². The number of nitrogens with zero attached hydrogens (tertiary/aromatic N) is 2. The minimum Gasteiger partial charge on any atom is -0.241 e. The zero-order chi connectivity index (χ0) is 12.0. The Hall–Kier alpha value is -0.920. The van der Waals surface area contributed by atoms with Gasteiger partial charge in [-0.05, 0) is 19.4 Å². The van der Waals surface area contributed by atoms with Crippen LogP contribution in [0.25, 0.3) is 0 Å². The molecule has 0 saturated heterocycles. The van der Waals surface area contributed by atoms with Gasteiger partial charge in [-0.25, -0.2) is 9.97 Å². The van der Waals surface area contributed by atoms with E-state index >= 15 is 0 Å². The minimum atomic E-state index is 0.829. The van der Waals surface area contributed by atoms with Crippen molar-refractivity contribution in [3.8, 4) is 0 Å². The lowest BCUT2D eigenvalue weighted by molar-refractivity contribution is 1.03. The van der Waals surface area contributed by atoms with E-state index < -0.39 is 0 Å². The summed E-state index contributed by atoms with van der Waals surface area (Å²) in [6.45, 7) is 15.8. The van der Waals surface area contributed by atoms with Gasteiger partial charge in [0.15, 0.2) is 0 Å². The summed E-state index contributed by atoms with van der Waals surface area (Å²) in [5.74, 6) is 0.829. The summed E-state index contributed by atoms with van der Waals surface area (Å²) in [5.41, 5.74) is 1.11. The molecule has 0 unspecified atom stereocenters. The van der Waals surface area contributed by atoms with Gasteiger partial charge in [-0.2, -0.15) is 0 Å². The summed E-state index contributed by atoms with van der Waals surface area (Å²) in [6.07, 6.45) is 3.62.